The highest BCUT2D eigenvalue weighted by molar-refractivity contribution is 5.88. The molecule has 0 spiro atoms. The van der Waals surface area contributed by atoms with Gasteiger partial charge in [-0.2, -0.15) is 0 Å². The summed E-state index contributed by atoms with van der Waals surface area (Å²) in [6, 6.07) is 23.9. The second-order valence-electron chi connectivity index (χ2n) is 18.9. The van der Waals surface area contributed by atoms with Crippen LogP contribution in [0.25, 0.3) is 34.4 Å². The van der Waals surface area contributed by atoms with E-state index >= 15 is 0 Å². The third-order valence-corrected chi connectivity index (χ3v) is 12.3. The van der Waals surface area contributed by atoms with E-state index in [0.29, 0.717) is 11.8 Å². The number of hydrogen-bond donors (Lipinski definition) is 0. The van der Waals surface area contributed by atoms with Gasteiger partial charge < -0.3 is 4.74 Å². The highest BCUT2D eigenvalue weighted by Crippen LogP contribution is 2.53. The minimum Gasteiger partial charge on any atom is -0.496 e. The van der Waals surface area contributed by atoms with Gasteiger partial charge in [0.25, 0.3) is 0 Å². The molecule has 0 saturated heterocycles. The van der Waals surface area contributed by atoms with Gasteiger partial charge in [0.2, 0.25) is 0 Å². The zero-order valence-corrected chi connectivity index (χ0v) is 33.5. The van der Waals surface area contributed by atoms with Gasteiger partial charge in [0.15, 0.2) is 0 Å². The van der Waals surface area contributed by atoms with E-state index in [2.05, 4.69) is 149 Å². The van der Waals surface area contributed by atoms with Crippen molar-refractivity contribution in [2.75, 3.05) is 7.11 Å². The summed E-state index contributed by atoms with van der Waals surface area (Å²) in [6.45, 7) is 25.5. The van der Waals surface area contributed by atoms with Crippen molar-refractivity contribution in [1.29, 1.82) is 0 Å². The number of rotatable bonds is 6. The lowest BCUT2D eigenvalue weighted by Gasteiger charge is -2.28. The van der Waals surface area contributed by atoms with E-state index < -0.39 is 0 Å². The zero-order chi connectivity index (χ0) is 36.6. The monoisotopic (exact) mass is 676 g/mol. The fraction of sp³-hybridized carbons (Fsp3) is 0.440. The summed E-state index contributed by atoms with van der Waals surface area (Å²) in [7, 11) is 1.85. The van der Waals surface area contributed by atoms with Gasteiger partial charge in [-0.05, 0) is 123 Å². The molecule has 0 radical (unpaired) electrons. The Morgan fingerprint density at radius 3 is 1.53 bits per heavy atom. The van der Waals surface area contributed by atoms with Crippen LogP contribution in [-0.2, 0) is 29.1 Å². The second-order valence-corrected chi connectivity index (χ2v) is 18.9. The number of aryl methyl sites for hydroxylation is 1. The maximum Gasteiger partial charge on any atom is 0.131 e. The molecule has 7 rings (SSSR count). The van der Waals surface area contributed by atoms with Crippen molar-refractivity contribution < 1.29 is 4.74 Å². The molecule has 0 N–H and O–H groups in total. The normalized spacial score (nSPS) is 18.4. The largest absolute Gasteiger partial charge is 0.496 e. The molecule has 2 atom stereocenters. The van der Waals surface area contributed by atoms with E-state index in [9.17, 15) is 0 Å². The number of methoxy groups -OCH3 is 1. The molecular formula is C50H60O. The topological polar surface area (TPSA) is 9.23 Å². The van der Waals surface area contributed by atoms with Crippen molar-refractivity contribution in [2.45, 2.75) is 136 Å². The highest BCUT2D eigenvalue weighted by atomic mass is 16.5. The summed E-state index contributed by atoms with van der Waals surface area (Å²) in [5, 5.41) is 0. The average molecular weight is 677 g/mol. The molecule has 1 heteroatoms. The van der Waals surface area contributed by atoms with Crippen molar-refractivity contribution in [3.63, 3.8) is 0 Å². The molecule has 266 valence electrons. The van der Waals surface area contributed by atoms with Gasteiger partial charge in [-0.1, -0.05) is 146 Å². The Kier molecular flexibility index (Phi) is 8.84. The van der Waals surface area contributed by atoms with Gasteiger partial charge in [-0.3, -0.25) is 0 Å². The van der Waals surface area contributed by atoms with Crippen molar-refractivity contribution in [1.82, 2.24) is 0 Å². The third kappa shape index (κ3) is 6.34. The Hall–Kier alpha value is -3.84. The second kappa shape index (κ2) is 12.7. The lowest BCUT2D eigenvalue weighted by atomic mass is 9.78. The minimum atomic E-state index is -0.0485. The molecule has 3 aliphatic carbocycles. The van der Waals surface area contributed by atoms with Crippen LogP contribution in [0.5, 0.6) is 5.75 Å². The average Bonchev–Trinajstić information content (AvgIpc) is 3.74. The molecule has 4 aromatic carbocycles. The Morgan fingerprint density at radius 1 is 0.588 bits per heavy atom. The van der Waals surface area contributed by atoms with Crippen LogP contribution in [0.3, 0.4) is 0 Å². The van der Waals surface area contributed by atoms with Crippen molar-refractivity contribution >= 4 is 12.2 Å². The molecule has 4 aromatic rings. The third-order valence-electron chi connectivity index (χ3n) is 12.3. The zero-order valence-electron chi connectivity index (χ0n) is 33.5. The Balaban J connectivity index is 1.26. The summed E-state index contributed by atoms with van der Waals surface area (Å²) < 4.78 is 6.32. The van der Waals surface area contributed by atoms with E-state index in [-0.39, 0.29) is 16.2 Å². The predicted molar refractivity (Wildman–Crippen MR) is 220 cm³/mol. The summed E-state index contributed by atoms with van der Waals surface area (Å²) >= 11 is 0. The van der Waals surface area contributed by atoms with Crippen molar-refractivity contribution in [2.24, 2.45) is 0 Å². The quantitative estimate of drug-likeness (QED) is 0.197. The number of benzene rings is 4. The Labute approximate surface area is 309 Å². The van der Waals surface area contributed by atoms with Gasteiger partial charge in [0.1, 0.15) is 5.75 Å². The lowest BCUT2D eigenvalue weighted by molar-refractivity contribution is 0.398. The summed E-state index contributed by atoms with van der Waals surface area (Å²) in [5.74, 6) is 1.88. The lowest BCUT2D eigenvalue weighted by Crippen LogP contribution is -2.15. The highest BCUT2D eigenvalue weighted by Gasteiger charge is 2.35. The molecule has 0 amide bonds. The number of allylic oxidation sites excluding steroid dienone is 2. The molecule has 0 heterocycles. The molecule has 0 saturated carbocycles. The Bertz CT molecular complexity index is 2040. The van der Waals surface area contributed by atoms with Crippen molar-refractivity contribution in [3.8, 4) is 28.0 Å². The summed E-state index contributed by atoms with van der Waals surface area (Å²) in [5.41, 5.74) is 21.7. The number of hydrogen-bond acceptors (Lipinski definition) is 1. The number of ether oxygens (including phenoxy) is 1. The van der Waals surface area contributed by atoms with Gasteiger partial charge in [-0.15, -0.1) is 0 Å². The van der Waals surface area contributed by atoms with Crippen LogP contribution < -0.4 is 4.74 Å². The standard InChI is InChI=1S/C50H60O/c1-30-26-42-40(28-34-14-13-15-39(34)45(42)32-16-20-35(21-17-32)48(3,4)5)37(30)24-25-38-31(2)27-43-41(38)29-44(50(9,10)11)47(51-12)46(43)33-18-22-36(23-19-33)49(6,7)8/h16-23,26-29,37-38H,13-15,24-25H2,1-12H3/t37-,38?/m1/s1. The van der Waals surface area contributed by atoms with E-state index in [1.165, 1.54) is 86.0 Å². The van der Waals surface area contributed by atoms with Gasteiger partial charge in [0, 0.05) is 23.0 Å². The predicted octanol–water partition coefficient (Wildman–Crippen LogP) is 13.9. The fourth-order valence-electron chi connectivity index (χ4n) is 9.28. The van der Waals surface area contributed by atoms with E-state index in [1.807, 2.05) is 7.11 Å². The van der Waals surface area contributed by atoms with Crippen LogP contribution in [0.1, 0.15) is 157 Å². The molecular weight excluding hydrogens is 617 g/mol. The summed E-state index contributed by atoms with van der Waals surface area (Å²) in [6.07, 6.45) is 11.0. The van der Waals surface area contributed by atoms with Crippen LogP contribution in [0.15, 0.2) is 71.8 Å². The van der Waals surface area contributed by atoms with Gasteiger partial charge >= 0.3 is 0 Å². The smallest absolute Gasteiger partial charge is 0.131 e. The van der Waals surface area contributed by atoms with E-state index in [4.69, 9.17) is 4.74 Å². The molecule has 1 unspecified atom stereocenters. The first-order valence-electron chi connectivity index (χ1n) is 19.5. The van der Waals surface area contributed by atoms with Crippen LogP contribution in [-0.4, -0.2) is 7.11 Å². The molecule has 51 heavy (non-hydrogen) atoms. The van der Waals surface area contributed by atoms with Crippen LogP contribution in [0, 0.1) is 0 Å². The SMILES string of the molecule is COc1c(C(C)(C)C)cc2c(c1-c1ccc(C(C)(C)C)cc1)C=C(C)C2CC[C@@H]1C(C)=Cc2c1cc1c(c2-c2ccc(C(C)(C)C)cc2)CCC1. The van der Waals surface area contributed by atoms with Crippen LogP contribution in [0.2, 0.25) is 0 Å². The van der Waals surface area contributed by atoms with Crippen LogP contribution >= 0.6 is 0 Å². The van der Waals surface area contributed by atoms with E-state index in [0.717, 1.165) is 18.6 Å². The van der Waals surface area contributed by atoms with Crippen molar-refractivity contribution in [3.05, 3.63) is 122 Å². The van der Waals surface area contributed by atoms with Gasteiger partial charge in [0.05, 0.1) is 7.11 Å². The summed E-state index contributed by atoms with van der Waals surface area (Å²) in [4.78, 5) is 0. The first-order chi connectivity index (χ1) is 24.0. The minimum absolute atomic E-state index is 0.0485. The first-order valence-corrected chi connectivity index (χ1v) is 19.5. The van der Waals surface area contributed by atoms with Gasteiger partial charge in [-0.25, -0.2) is 0 Å². The molecule has 0 bridgehead atoms. The first kappa shape index (κ1) is 35.6. The molecule has 3 aliphatic rings. The fourth-order valence-corrected chi connectivity index (χ4v) is 9.28. The number of fused-ring (bicyclic) bond motifs is 3. The Morgan fingerprint density at radius 2 is 1.06 bits per heavy atom. The van der Waals surface area contributed by atoms with E-state index in [1.54, 1.807) is 16.7 Å². The molecule has 0 fully saturated rings. The van der Waals surface area contributed by atoms with Crippen LogP contribution in [0.4, 0.5) is 0 Å². The maximum absolute atomic E-state index is 6.32. The molecule has 0 aliphatic heterocycles. The molecule has 0 aromatic heterocycles. The molecule has 1 nitrogen and oxygen atoms in total. The maximum atomic E-state index is 6.32.